The standard InChI is InChI=1S/C17H26FN/c1-3-10-19-17(14-6-5-7-16(18)12-14)15-9-8-13(4-2)11-15/h5-7,12-13,15,17,19H,3-4,8-11H2,1-2H3. The van der Waals surface area contributed by atoms with Gasteiger partial charge < -0.3 is 5.32 Å². The Hall–Kier alpha value is -0.890. The fraction of sp³-hybridized carbons (Fsp3) is 0.647. The highest BCUT2D eigenvalue weighted by atomic mass is 19.1. The van der Waals surface area contributed by atoms with E-state index in [1.165, 1.54) is 31.7 Å². The molecule has 1 fully saturated rings. The van der Waals surface area contributed by atoms with Crippen molar-refractivity contribution in [1.82, 2.24) is 5.32 Å². The molecule has 19 heavy (non-hydrogen) atoms. The molecule has 0 aromatic heterocycles. The van der Waals surface area contributed by atoms with Crippen molar-refractivity contribution in [3.05, 3.63) is 35.6 Å². The van der Waals surface area contributed by atoms with Gasteiger partial charge in [-0.25, -0.2) is 4.39 Å². The lowest BCUT2D eigenvalue weighted by Gasteiger charge is -2.25. The van der Waals surface area contributed by atoms with Crippen LogP contribution in [0.3, 0.4) is 0 Å². The Morgan fingerprint density at radius 2 is 2.16 bits per heavy atom. The van der Waals surface area contributed by atoms with Crippen LogP contribution in [0.5, 0.6) is 0 Å². The third kappa shape index (κ3) is 3.79. The predicted molar refractivity (Wildman–Crippen MR) is 78.6 cm³/mol. The fourth-order valence-electron chi connectivity index (χ4n) is 3.34. The summed E-state index contributed by atoms with van der Waals surface area (Å²) in [4.78, 5) is 0. The zero-order chi connectivity index (χ0) is 13.7. The molecule has 1 saturated carbocycles. The van der Waals surface area contributed by atoms with E-state index >= 15 is 0 Å². The summed E-state index contributed by atoms with van der Waals surface area (Å²) in [6, 6.07) is 7.45. The number of hydrogen-bond acceptors (Lipinski definition) is 1. The largest absolute Gasteiger partial charge is 0.310 e. The maximum absolute atomic E-state index is 13.5. The number of halogens is 1. The van der Waals surface area contributed by atoms with Crippen molar-refractivity contribution in [3.8, 4) is 0 Å². The number of hydrogen-bond donors (Lipinski definition) is 1. The quantitative estimate of drug-likeness (QED) is 0.785. The molecule has 0 bridgehead atoms. The first-order chi connectivity index (χ1) is 9.24. The Kier molecular flexibility index (Phi) is 5.38. The van der Waals surface area contributed by atoms with Gasteiger partial charge in [0, 0.05) is 6.04 Å². The first-order valence-electron chi connectivity index (χ1n) is 7.73. The van der Waals surface area contributed by atoms with E-state index in [9.17, 15) is 4.39 Å². The molecule has 1 nitrogen and oxygen atoms in total. The SMILES string of the molecule is CCCNC(c1cccc(F)c1)C1CCC(CC)C1. The van der Waals surface area contributed by atoms with Crippen LogP contribution in [-0.4, -0.2) is 6.54 Å². The first kappa shape index (κ1) is 14.5. The molecule has 1 aromatic carbocycles. The summed E-state index contributed by atoms with van der Waals surface area (Å²) < 4.78 is 13.5. The van der Waals surface area contributed by atoms with Crippen molar-refractivity contribution in [3.63, 3.8) is 0 Å². The molecule has 0 heterocycles. The van der Waals surface area contributed by atoms with Gasteiger partial charge in [0.25, 0.3) is 0 Å². The topological polar surface area (TPSA) is 12.0 Å². The summed E-state index contributed by atoms with van der Waals surface area (Å²) in [7, 11) is 0. The van der Waals surface area contributed by atoms with Gasteiger partial charge in [0.05, 0.1) is 0 Å². The summed E-state index contributed by atoms with van der Waals surface area (Å²) in [5, 5.41) is 3.63. The van der Waals surface area contributed by atoms with Crippen LogP contribution in [0.25, 0.3) is 0 Å². The van der Waals surface area contributed by atoms with Gasteiger partial charge >= 0.3 is 0 Å². The first-order valence-corrected chi connectivity index (χ1v) is 7.73. The summed E-state index contributed by atoms with van der Waals surface area (Å²) >= 11 is 0. The zero-order valence-corrected chi connectivity index (χ0v) is 12.2. The van der Waals surface area contributed by atoms with Crippen molar-refractivity contribution >= 4 is 0 Å². The Labute approximate surface area is 116 Å². The van der Waals surface area contributed by atoms with Gasteiger partial charge in [0.1, 0.15) is 5.82 Å². The summed E-state index contributed by atoms with van der Waals surface area (Å²) in [5.74, 6) is 1.41. The molecule has 0 aliphatic heterocycles. The highest BCUT2D eigenvalue weighted by Crippen LogP contribution is 2.40. The number of benzene rings is 1. The van der Waals surface area contributed by atoms with Crippen LogP contribution in [0.1, 0.15) is 57.6 Å². The third-order valence-corrected chi connectivity index (χ3v) is 4.45. The lowest BCUT2D eigenvalue weighted by molar-refractivity contribution is 0.353. The molecular weight excluding hydrogens is 237 g/mol. The summed E-state index contributed by atoms with van der Waals surface area (Å²) in [5.41, 5.74) is 1.12. The van der Waals surface area contributed by atoms with Gasteiger partial charge in [-0.05, 0) is 55.3 Å². The lowest BCUT2D eigenvalue weighted by atomic mass is 9.90. The van der Waals surface area contributed by atoms with Gasteiger partial charge in [0.15, 0.2) is 0 Å². The van der Waals surface area contributed by atoms with E-state index in [2.05, 4.69) is 25.2 Å². The molecule has 0 saturated heterocycles. The monoisotopic (exact) mass is 263 g/mol. The van der Waals surface area contributed by atoms with Crippen molar-refractivity contribution in [2.24, 2.45) is 11.8 Å². The van der Waals surface area contributed by atoms with Crippen LogP contribution in [-0.2, 0) is 0 Å². The normalized spacial score (nSPS) is 24.6. The molecule has 1 N–H and O–H groups in total. The minimum Gasteiger partial charge on any atom is -0.310 e. The van der Waals surface area contributed by atoms with Crippen LogP contribution in [0.4, 0.5) is 4.39 Å². The minimum absolute atomic E-state index is 0.120. The summed E-state index contributed by atoms with van der Waals surface area (Å²) in [6.07, 6.45) is 6.29. The van der Waals surface area contributed by atoms with E-state index < -0.39 is 0 Å². The zero-order valence-electron chi connectivity index (χ0n) is 12.2. The molecule has 1 aliphatic carbocycles. The van der Waals surface area contributed by atoms with Gasteiger partial charge in [-0.3, -0.25) is 0 Å². The molecule has 1 aromatic rings. The Morgan fingerprint density at radius 3 is 2.79 bits per heavy atom. The van der Waals surface area contributed by atoms with E-state index in [-0.39, 0.29) is 5.82 Å². The smallest absolute Gasteiger partial charge is 0.123 e. The van der Waals surface area contributed by atoms with Crippen molar-refractivity contribution in [2.75, 3.05) is 6.54 Å². The second-order valence-corrected chi connectivity index (χ2v) is 5.83. The molecule has 106 valence electrons. The van der Waals surface area contributed by atoms with Crippen LogP contribution >= 0.6 is 0 Å². The molecule has 1 aliphatic rings. The average Bonchev–Trinajstić information content (AvgIpc) is 2.88. The van der Waals surface area contributed by atoms with Crippen LogP contribution in [0, 0.1) is 17.7 Å². The van der Waals surface area contributed by atoms with Crippen LogP contribution in [0.2, 0.25) is 0 Å². The van der Waals surface area contributed by atoms with Crippen molar-refractivity contribution < 1.29 is 4.39 Å². The van der Waals surface area contributed by atoms with Crippen LogP contribution in [0.15, 0.2) is 24.3 Å². The molecular formula is C17H26FN. The van der Waals surface area contributed by atoms with Gasteiger partial charge in [-0.1, -0.05) is 38.8 Å². The number of nitrogens with one attached hydrogen (secondary N) is 1. The van der Waals surface area contributed by atoms with E-state index in [0.29, 0.717) is 12.0 Å². The Morgan fingerprint density at radius 1 is 1.32 bits per heavy atom. The maximum atomic E-state index is 13.5. The van der Waals surface area contributed by atoms with Gasteiger partial charge in [-0.15, -0.1) is 0 Å². The molecule has 3 unspecified atom stereocenters. The summed E-state index contributed by atoms with van der Waals surface area (Å²) in [6.45, 7) is 5.47. The molecule has 0 radical (unpaired) electrons. The molecule has 3 atom stereocenters. The average molecular weight is 263 g/mol. The van der Waals surface area contributed by atoms with Crippen LogP contribution < -0.4 is 5.32 Å². The fourth-order valence-corrected chi connectivity index (χ4v) is 3.34. The Bertz CT molecular complexity index is 391. The molecule has 2 rings (SSSR count). The second-order valence-electron chi connectivity index (χ2n) is 5.83. The number of rotatable bonds is 6. The van der Waals surface area contributed by atoms with E-state index in [1.54, 1.807) is 6.07 Å². The highest BCUT2D eigenvalue weighted by Gasteiger charge is 2.30. The Balaban J connectivity index is 2.11. The second kappa shape index (κ2) is 7.04. The third-order valence-electron chi connectivity index (χ3n) is 4.45. The predicted octanol–water partition coefficient (Wildman–Crippen LogP) is 4.69. The van der Waals surface area contributed by atoms with E-state index in [0.717, 1.165) is 24.4 Å². The highest BCUT2D eigenvalue weighted by molar-refractivity contribution is 5.21. The maximum Gasteiger partial charge on any atom is 0.123 e. The van der Waals surface area contributed by atoms with Crippen molar-refractivity contribution in [2.45, 2.75) is 52.0 Å². The van der Waals surface area contributed by atoms with E-state index in [4.69, 9.17) is 0 Å². The molecule has 0 amide bonds. The van der Waals surface area contributed by atoms with Gasteiger partial charge in [0.2, 0.25) is 0 Å². The lowest BCUT2D eigenvalue weighted by Crippen LogP contribution is -2.28. The van der Waals surface area contributed by atoms with Gasteiger partial charge in [-0.2, -0.15) is 0 Å². The molecule has 0 spiro atoms. The van der Waals surface area contributed by atoms with Crippen molar-refractivity contribution in [1.29, 1.82) is 0 Å². The minimum atomic E-state index is -0.120. The van der Waals surface area contributed by atoms with E-state index in [1.807, 2.05) is 6.07 Å². The molecule has 2 heteroatoms.